The van der Waals surface area contributed by atoms with Gasteiger partial charge in [0.2, 0.25) is 5.91 Å². The van der Waals surface area contributed by atoms with Crippen LogP contribution in [0.4, 0.5) is 18.3 Å². The number of rotatable bonds is 3. The fourth-order valence-electron chi connectivity index (χ4n) is 2.27. The molecule has 1 N–H and O–H groups in total. The Labute approximate surface area is 154 Å². The minimum absolute atomic E-state index is 0.293. The summed E-state index contributed by atoms with van der Waals surface area (Å²) in [5, 5.41) is 2.17. The van der Waals surface area contributed by atoms with E-state index in [0.717, 1.165) is 10.3 Å². The molecule has 26 heavy (non-hydrogen) atoms. The topological polar surface area (TPSA) is 64.0 Å². The highest BCUT2D eigenvalue weighted by Gasteiger charge is 2.32. The molecule has 2 heterocycles. The maximum Gasteiger partial charge on any atom is 0.417 e. The lowest BCUT2D eigenvalue weighted by Crippen LogP contribution is -2.29. The maximum atomic E-state index is 12.8. The van der Waals surface area contributed by atoms with Crippen molar-refractivity contribution in [3.8, 4) is 0 Å². The third-order valence-corrected chi connectivity index (χ3v) is 4.68. The number of pyridine rings is 1. The van der Waals surface area contributed by atoms with Crippen LogP contribution in [0, 0.1) is 6.92 Å². The lowest BCUT2D eigenvalue weighted by atomic mass is 10.2. The summed E-state index contributed by atoms with van der Waals surface area (Å²) in [6.45, 7) is 1.30. The van der Waals surface area contributed by atoms with E-state index in [0.29, 0.717) is 27.5 Å². The molecule has 0 unspecified atom stereocenters. The Morgan fingerprint density at radius 1 is 1.35 bits per heavy atom. The third kappa shape index (κ3) is 3.88. The first-order valence-corrected chi connectivity index (χ1v) is 8.47. The van der Waals surface area contributed by atoms with Gasteiger partial charge in [-0.1, -0.05) is 29.0 Å². The minimum atomic E-state index is -4.68. The number of anilines is 1. The van der Waals surface area contributed by atoms with Gasteiger partial charge in [0.25, 0.3) is 5.56 Å². The summed E-state index contributed by atoms with van der Waals surface area (Å²) >= 11 is 6.79. The van der Waals surface area contributed by atoms with Gasteiger partial charge in [0.1, 0.15) is 11.6 Å². The van der Waals surface area contributed by atoms with Crippen LogP contribution in [-0.4, -0.2) is 15.5 Å². The molecule has 0 atom stereocenters. The molecule has 0 fully saturated rings. The van der Waals surface area contributed by atoms with Crippen LogP contribution in [0.15, 0.2) is 35.3 Å². The molecule has 0 saturated heterocycles. The number of fused-ring (bicyclic) bond motifs is 1. The van der Waals surface area contributed by atoms with Crippen molar-refractivity contribution in [1.82, 2.24) is 9.55 Å². The second kappa shape index (κ2) is 6.73. The lowest BCUT2D eigenvalue weighted by Gasteiger charge is -2.11. The average molecular weight is 402 g/mol. The predicted octanol–water partition coefficient (Wildman–Crippen LogP) is 4.08. The first-order chi connectivity index (χ1) is 12.1. The molecule has 3 aromatic rings. The van der Waals surface area contributed by atoms with Crippen LogP contribution in [0.5, 0.6) is 0 Å². The molecule has 1 aromatic carbocycles. The van der Waals surface area contributed by atoms with Crippen molar-refractivity contribution in [2.75, 3.05) is 5.32 Å². The number of carbonyl (C=O) groups is 1. The van der Waals surface area contributed by atoms with Crippen LogP contribution in [0.25, 0.3) is 10.2 Å². The van der Waals surface area contributed by atoms with Crippen molar-refractivity contribution in [2.45, 2.75) is 19.6 Å². The highest BCUT2D eigenvalue weighted by Crippen LogP contribution is 2.30. The van der Waals surface area contributed by atoms with E-state index in [-0.39, 0.29) is 0 Å². The smallest absolute Gasteiger partial charge is 0.304 e. The van der Waals surface area contributed by atoms with Crippen LogP contribution < -0.4 is 10.9 Å². The van der Waals surface area contributed by atoms with E-state index >= 15 is 0 Å². The molecule has 10 heteroatoms. The van der Waals surface area contributed by atoms with Gasteiger partial charge >= 0.3 is 6.18 Å². The number of aryl methyl sites for hydroxylation is 1. The number of nitrogens with zero attached hydrogens (tertiary/aromatic N) is 2. The molecule has 0 aliphatic carbocycles. The van der Waals surface area contributed by atoms with Crippen LogP contribution in [0.3, 0.4) is 0 Å². The molecule has 1 amide bonds. The summed E-state index contributed by atoms with van der Waals surface area (Å²) < 4.78 is 40.0. The van der Waals surface area contributed by atoms with Crippen molar-refractivity contribution < 1.29 is 18.0 Å². The monoisotopic (exact) mass is 401 g/mol. The van der Waals surface area contributed by atoms with Gasteiger partial charge in [0.05, 0.1) is 15.8 Å². The van der Waals surface area contributed by atoms with Gasteiger partial charge in [0.15, 0.2) is 5.13 Å². The molecule has 3 rings (SSSR count). The number of amides is 1. The Bertz CT molecular complexity index is 1060. The van der Waals surface area contributed by atoms with Gasteiger partial charge in [-0.3, -0.25) is 9.59 Å². The number of hydrogen-bond acceptors (Lipinski definition) is 4. The zero-order valence-corrected chi connectivity index (χ0v) is 14.8. The highest BCUT2D eigenvalue weighted by molar-refractivity contribution is 7.22. The van der Waals surface area contributed by atoms with Crippen LogP contribution in [-0.2, 0) is 17.5 Å². The number of benzene rings is 1. The summed E-state index contributed by atoms with van der Waals surface area (Å²) in [7, 11) is 0. The molecular formula is C16H11ClF3N3O2S. The molecule has 0 aliphatic heterocycles. The molecule has 0 spiro atoms. The molecule has 136 valence electrons. The number of thiazole rings is 1. The van der Waals surface area contributed by atoms with E-state index in [9.17, 15) is 22.8 Å². The van der Waals surface area contributed by atoms with E-state index in [2.05, 4.69) is 10.3 Å². The average Bonchev–Trinajstić information content (AvgIpc) is 2.91. The second-order valence-electron chi connectivity index (χ2n) is 5.55. The summed E-state index contributed by atoms with van der Waals surface area (Å²) in [5.74, 6) is -0.682. The standard InChI is InChI=1S/C16H11ClF3N3O2S/c1-8-2-3-11-12(4-8)26-15(21-11)22-13(24)7-23-6-9(16(18,19)20)5-10(17)14(23)25/h2-6H,7H2,1H3,(H,21,22,24). The largest absolute Gasteiger partial charge is 0.417 e. The third-order valence-electron chi connectivity index (χ3n) is 3.47. The number of carbonyl (C=O) groups excluding carboxylic acids is 1. The molecule has 2 aromatic heterocycles. The minimum Gasteiger partial charge on any atom is -0.304 e. The Morgan fingerprint density at radius 2 is 2.08 bits per heavy atom. The number of halogens is 4. The van der Waals surface area contributed by atoms with Crippen molar-refractivity contribution in [2.24, 2.45) is 0 Å². The molecule has 0 saturated carbocycles. The first kappa shape index (κ1) is 18.4. The van der Waals surface area contributed by atoms with Crippen LogP contribution in [0.2, 0.25) is 5.02 Å². The van der Waals surface area contributed by atoms with Gasteiger partial charge < -0.3 is 9.88 Å². The lowest BCUT2D eigenvalue weighted by molar-refractivity contribution is -0.138. The van der Waals surface area contributed by atoms with Gasteiger partial charge in [-0.05, 0) is 30.7 Å². The molecule has 0 radical (unpaired) electrons. The summed E-state index contributed by atoms with van der Waals surface area (Å²) in [6, 6.07) is 6.11. The van der Waals surface area contributed by atoms with Crippen molar-refractivity contribution in [3.63, 3.8) is 0 Å². The molecule has 0 bridgehead atoms. The maximum absolute atomic E-state index is 12.8. The fraction of sp³-hybridized carbons (Fsp3) is 0.188. The zero-order chi connectivity index (χ0) is 19.1. The van der Waals surface area contributed by atoms with Gasteiger partial charge in [-0.15, -0.1) is 0 Å². The summed E-state index contributed by atoms with van der Waals surface area (Å²) in [4.78, 5) is 28.2. The zero-order valence-electron chi connectivity index (χ0n) is 13.2. The Hall–Kier alpha value is -2.39. The van der Waals surface area contributed by atoms with Crippen LogP contribution >= 0.6 is 22.9 Å². The van der Waals surface area contributed by atoms with E-state index < -0.39 is 34.8 Å². The van der Waals surface area contributed by atoms with Crippen LogP contribution in [0.1, 0.15) is 11.1 Å². The highest BCUT2D eigenvalue weighted by atomic mass is 35.5. The number of aromatic nitrogens is 2. The van der Waals surface area contributed by atoms with E-state index in [1.54, 1.807) is 6.07 Å². The fourth-order valence-corrected chi connectivity index (χ4v) is 3.48. The molecular weight excluding hydrogens is 391 g/mol. The van der Waals surface area contributed by atoms with E-state index in [1.165, 1.54) is 11.3 Å². The predicted molar refractivity (Wildman–Crippen MR) is 93.7 cm³/mol. The second-order valence-corrected chi connectivity index (χ2v) is 6.98. The van der Waals surface area contributed by atoms with Gasteiger partial charge in [-0.2, -0.15) is 13.2 Å². The summed E-state index contributed by atoms with van der Waals surface area (Å²) in [5.41, 5.74) is -0.264. The van der Waals surface area contributed by atoms with Crippen molar-refractivity contribution >= 4 is 44.2 Å². The normalized spacial score (nSPS) is 11.7. The Kier molecular flexibility index (Phi) is 4.76. The van der Waals surface area contributed by atoms with E-state index in [4.69, 9.17) is 11.6 Å². The van der Waals surface area contributed by atoms with Gasteiger partial charge in [-0.25, -0.2) is 4.98 Å². The molecule has 0 aliphatic rings. The quantitative estimate of drug-likeness (QED) is 0.719. The van der Waals surface area contributed by atoms with Crippen molar-refractivity contribution in [1.29, 1.82) is 0 Å². The van der Waals surface area contributed by atoms with Crippen molar-refractivity contribution in [3.05, 3.63) is 57.0 Å². The SMILES string of the molecule is Cc1ccc2nc(NC(=O)Cn3cc(C(F)(F)F)cc(Cl)c3=O)sc2c1. The first-order valence-electron chi connectivity index (χ1n) is 7.28. The Morgan fingerprint density at radius 3 is 2.77 bits per heavy atom. The van der Waals surface area contributed by atoms with E-state index in [1.807, 2.05) is 19.1 Å². The Balaban J connectivity index is 1.83. The molecule has 5 nitrogen and oxygen atoms in total. The number of hydrogen-bond donors (Lipinski definition) is 1. The summed E-state index contributed by atoms with van der Waals surface area (Å²) in [6.07, 6.45) is -4.12. The van der Waals surface area contributed by atoms with Gasteiger partial charge in [0, 0.05) is 6.20 Å². The number of alkyl halides is 3. The number of nitrogens with one attached hydrogen (secondary N) is 1.